The molecule has 0 saturated heterocycles. The molecule has 1 unspecified atom stereocenters. The molecule has 0 fully saturated rings. The molecule has 0 radical (unpaired) electrons. The van der Waals surface area contributed by atoms with Crippen LogP contribution < -0.4 is 0 Å². The van der Waals surface area contributed by atoms with Gasteiger partial charge >= 0.3 is 5.97 Å². The van der Waals surface area contributed by atoms with Crippen molar-refractivity contribution in [2.24, 2.45) is 0 Å². The molecule has 6 heteroatoms. The fourth-order valence-corrected chi connectivity index (χ4v) is 2.13. The molecule has 0 aliphatic carbocycles. The molecule has 2 heterocycles. The van der Waals surface area contributed by atoms with Gasteiger partial charge in [-0.1, -0.05) is 6.07 Å². The summed E-state index contributed by atoms with van der Waals surface area (Å²) in [5, 5.41) is 10.9. The molecule has 2 rings (SSSR count). The Morgan fingerprint density at radius 1 is 1.67 bits per heavy atom. The Hall–Kier alpha value is -1.66. The number of hydrogen-bond acceptors (Lipinski definition) is 5. The summed E-state index contributed by atoms with van der Waals surface area (Å²) in [6.45, 7) is 2.00. The molecule has 5 nitrogen and oxygen atoms in total. The van der Waals surface area contributed by atoms with Gasteiger partial charge < -0.3 is 9.52 Å². The minimum atomic E-state index is -0.859. The molecule has 1 N–H and O–H groups in total. The van der Waals surface area contributed by atoms with E-state index in [1.165, 1.54) is 0 Å². The lowest BCUT2D eigenvalue weighted by Gasteiger charge is -2.18. The van der Waals surface area contributed by atoms with Crippen LogP contribution in [0.1, 0.15) is 12.8 Å². The third-order valence-corrected chi connectivity index (χ3v) is 3.61. The van der Waals surface area contributed by atoms with Crippen molar-refractivity contribution >= 4 is 17.3 Å². The van der Waals surface area contributed by atoms with Gasteiger partial charge in [0.2, 0.25) is 5.89 Å². The second-order valence-electron chi connectivity index (χ2n) is 4.02. The van der Waals surface area contributed by atoms with Crippen molar-refractivity contribution in [3.63, 3.8) is 0 Å². The Labute approximate surface area is 109 Å². The minimum absolute atomic E-state index is 0.374. The van der Waals surface area contributed by atoms with Crippen molar-refractivity contribution in [1.82, 2.24) is 9.88 Å². The SMILES string of the molecule is CC(C(=O)O)N(C)Cc1ncc(-c2cccs2)o1. The Balaban J connectivity index is 2.05. The fourth-order valence-electron chi connectivity index (χ4n) is 1.45. The number of likely N-dealkylation sites (N-methyl/N-ethyl adjacent to an activating group) is 1. The standard InChI is InChI=1S/C12H14N2O3S/c1-8(12(15)16)14(2)7-11-13-6-9(17-11)10-4-3-5-18-10/h3-6,8H,7H2,1-2H3,(H,15,16). The van der Waals surface area contributed by atoms with E-state index < -0.39 is 12.0 Å². The lowest BCUT2D eigenvalue weighted by molar-refractivity contribution is -0.142. The van der Waals surface area contributed by atoms with E-state index in [-0.39, 0.29) is 0 Å². The molecule has 18 heavy (non-hydrogen) atoms. The third kappa shape index (κ3) is 2.77. The number of rotatable bonds is 5. The highest BCUT2D eigenvalue weighted by Gasteiger charge is 2.18. The molecule has 0 aromatic carbocycles. The summed E-state index contributed by atoms with van der Waals surface area (Å²) in [4.78, 5) is 17.7. The van der Waals surface area contributed by atoms with E-state index in [2.05, 4.69) is 4.98 Å². The van der Waals surface area contributed by atoms with Gasteiger partial charge in [-0.2, -0.15) is 0 Å². The van der Waals surface area contributed by atoms with E-state index in [1.54, 1.807) is 36.4 Å². The molecule has 2 aromatic heterocycles. The van der Waals surface area contributed by atoms with Crippen LogP contribution in [0.4, 0.5) is 0 Å². The van der Waals surface area contributed by atoms with E-state index in [1.807, 2.05) is 17.5 Å². The third-order valence-electron chi connectivity index (χ3n) is 2.72. The number of carboxylic acid groups (broad SMARTS) is 1. The summed E-state index contributed by atoms with van der Waals surface area (Å²) in [5.74, 6) is 0.382. The zero-order valence-corrected chi connectivity index (χ0v) is 11.0. The van der Waals surface area contributed by atoms with Crippen LogP contribution in [0.25, 0.3) is 10.6 Å². The largest absolute Gasteiger partial charge is 0.480 e. The smallest absolute Gasteiger partial charge is 0.320 e. The second-order valence-corrected chi connectivity index (χ2v) is 4.97. The molecule has 0 amide bonds. The van der Waals surface area contributed by atoms with E-state index in [0.29, 0.717) is 12.4 Å². The molecule has 0 aliphatic rings. The van der Waals surface area contributed by atoms with Gasteiger partial charge in [-0.3, -0.25) is 9.69 Å². The van der Waals surface area contributed by atoms with Crippen molar-refractivity contribution < 1.29 is 14.3 Å². The monoisotopic (exact) mass is 266 g/mol. The van der Waals surface area contributed by atoms with Gasteiger partial charge in [0.25, 0.3) is 0 Å². The van der Waals surface area contributed by atoms with E-state index in [0.717, 1.165) is 10.6 Å². The summed E-state index contributed by atoms with van der Waals surface area (Å²) < 4.78 is 5.59. The number of hydrogen-bond donors (Lipinski definition) is 1. The number of carboxylic acids is 1. The maximum atomic E-state index is 10.8. The molecule has 96 valence electrons. The zero-order chi connectivity index (χ0) is 13.1. The molecule has 2 aromatic rings. The van der Waals surface area contributed by atoms with E-state index in [4.69, 9.17) is 9.52 Å². The molecule has 1 atom stereocenters. The number of aromatic nitrogens is 1. The average Bonchev–Trinajstić information content (AvgIpc) is 2.96. The van der Waals surface area contributed by atoms with Gasteiger partial charge in [0, 0.05) is 0 Å². The number of nitrogens with zero attached hydrogens (tertiary/aromatic N) is 2. The summed E-state index contributed by atoms with van der Waals surface area (Å²) in [6, 6.07) is 3.33. The first-order chi connectivity index (χ1) is 8.58. The van der Waals surface area contributed by atoms with Gasteiger partial charge in [0.15, 0.2) is 5.76 Å². The number of oxazole rings is 1. The maximum Gasteiger partial charge on any atom is 0.320 e. The zero-order valence-electron chi connectivity index (χ0n) is 10.2. The lowest BCUT2D eigenvalue weighted by Crippen LogP contribution is -2.35. The van der Waals surface area contributed by atoms with Crippen molar-refractivity contribution in [3.8, 4) is 10.6 Å². The first-order valence-corrected chi connectivity index (χ1v) is 6.37. The van der Waals surface area contributed by atoms with Crippen molar-refractivity contribution in [2.45, 2.75) is 19.5 Å². The molecule has 0 aliphatic heterocycles. The summed E-state index contributed by atoms with van der Waals surface area (Å²) in [6.07, 6.45) is 1.67. The second kappa shape index (κ2) is 5.32. The van der Waals surface area contributed by atoms with Crippen LogP contribution in [0, 0.1) is 0 Å². The Kier molecular flexibility index (Phi) is 3.78. The van der Waals surface area contributed by atoms with Crippen molar-refractivity contribution in [3.05, 3.63) is 29.6 Å². The average molecular weight is 266 g/mol. The van der Waals surface area contributed by atoms with Crippen LogP contribution in [0.5, 0.6) is 0 Å². The van der Waals surface area contributed by atoms with Crippen LogP contribution in [-0.4, -0.2) is 34.0 Å². The van der Waals surface area contributed by atoms with Crippen molar-refractivity contribution in [2.75, 3.05) is 7.05 Å². The molecule has 0 spiro atoms. The molecule has 0 bridgehead atoms. The topological polar surface area (TPSA) is 66.6 Å². The van der Waals surface area contributed by atoms with Crippen LogP contribution in [0.15, 0.2) is 28.1 Å². The van der Waals surface area contributed by atoms with Gasteiger partial charge in [-0.05, 0) is 25.4 Å². The quantitative estimate of drug-likeness (QED) is 0.899. The molecular weight excluding hydrogens is 252 g/mol. The number of aliphatic carboxylic acids is 1. The maximum absolute atomic E-state index is 10.8. The van der Waals surface area contributed by atoms with E-state index >= 15 is 0 Å². The Morgan fingerprint density at radius 2 is 2.44 bits per heavy atom. The van der Waals surface area contributed by atoms with Crippen LogP contribution in [0.2, 0.25) is 0 Å². The first-order valence-electron chi connectivity index (χ1n) is 5.49. The lowest BCUT2D eigenvalue weighted by atomic mass is 10.3. The number of carbonyl (C=O) groups is 1. The predicted molar refractivity (Wildman–Crippen MR) is 68.4 cm³/mol. The fraction of sp³-hybridized carbons (Fsp3) is 0.333. The first kappa shape index (κ1) is 12.8. The number of thiophene rings is 1. The minimum Gasteiger partial charge on any atom is -0.480 e. The predicted octanol–water partition coefficient (Wildman–Crippen LogP) is 2.31. The Morgan fingerprint density at radius 3 is 3.06 bits per heavy atom. The summed E-state index contributed by atoms with van der Waals surface area (Å²) in [5.41, 5.74) is 0. The van der Waals surface area contributed by atoms with Gasteiger partial charge in [0.05, 0.1) is 17.6 Å². The van der Waals surface area contributed by atoms with Gasteiger partial charge in [-0.15, -0.1) is 11.3 Å². The van der Waals surface area contributed by atoms with Crippen LogP contribution >= 0.6 is 11.3 Å². The van der Waals surface area contributed by atoms with Gasteiger partial charge in [-0.25, -0.2) is 4.98 Å². The van der Waals surface area contributed by atoms with Crippen LogP contribution in [0.3, 0.4) is 0 Å². The Bertz CT molecular complexity index is 521. The highest BCUT2D eigenvalue weighted by Crippen LogP contribution is 2.25. The highest BCUT2D eigenvalue weighted by molar-refractivity contribution is 7.13. The molecular formula is C12H14N2O3S. The molecule has 0 saturated carbocycles. The normalized spacial score (nSPS) is 12.8. The summed E-state index contributed by atoms with van der Waals surface area (Å²) >= 11 is 1.58. The van der Waals surface area contributed by atoms with Gasteiger partial charge in [0.1, 0.15) is 6.04 Å². The van der Waals surface area contributed by atoms with E-state index in [9.17, 15) is 4.79 Å². The van der Waals surface area contributed by atoms with Crippen LogP contribution in [-0.2, 0) is 11.3 Å². The highest BCUT2D eigenvalue weighted by atomic mass is 32.1. The summed E-state index contributed by atoms with van der Waals surface area (Å²) in [7, 11) is 1.73. The van der Waals surface area contributed by atoms with Crippen molar-refractivity contribution in [1.29, 1.82) is 0 Å².